The normalized spacial score (nSPS) is 12.9. The highest BCUT2D eigenvalue weighted by Gasteiger charge is 2.23. The zero-order valence-electron chi connectivity index (χ0n) is 11.1. The summed E-state index contributed by atoms with van der Waals surface area (Å²) in [6.45, 7) is 11.0. The van der Waals surface area contributed by atoms with Crippen molar-refractivity contribution >= 4 is 5.91 Å². The first-order chi connectivity index (χ1) is 7.62. The summed E-state index contributed by atoms with van der Waals surface area (Å²) in [6, 6.07) is -0.132. The number of amides is 1. The Morgan fingerprint density at radius 3 is 2.12 bits per heavy atom. The number of likely N-dealkylation sites (N-methyl/N-ethyl adjacent to an activating group) is 1. The number of rotatable bonds is 8. The van der Waals surface area contributed by atoms with Crippen molar-refractivity contribution in [3.05, 3.63) is 0 Å². The van der Waals surface area contributed by atoms with Gasteiger partial charge in [-0.1, -0.05) is 6.92 Å². The summed E-state index contributed by atoms with van der Waals surface area (Å²) < 4.78 is 0. The Bertz CT molecular complexity index is 187. The van der Waals surface area contributed by atoms with E-state index in [4.69, 9.17) is 5.11 Å². The van der Waals surface area contributed by atoms with E-state index >= 15 is 0 Å². The number of carbonyl (C=O) groups is 1. The molecule has 4 heteroatoms. The van der Waals surface area contributed by atoms with Crippen molar-refractivity contribution in [1.29, 1.82) is 0 Å². The number of aliphatic hydroxyl groups is 1. The molecule has 96 valence electrons. The van der Waals surface area contributed by atoms with E-state index in [-0.39, 0.29) is 18.6 Å². The van der Waals surface area contributed by atoms with Crippen molar-refractivity contribution in [1.82, 2.24) is 9.80 Å². The van der Waals surface area contributed by atoms with Crippen molar-refractivity contribution < 1.29 is 9.90 Å². The highest BCUT2D eigenvalue weighted by Crippen LogP contribution is 2.05. The molecule has 0 saturated carbocycles. The Labute approximate surface area is 99.2 Å². The number of hydrogen-bond acceptors (Lipinski definition) is 3. The van der Waals surface area contributed by atoms with Gasteiger partial charge in [0.25, 0.3) is 0 Å². The molecular weight excluding hydrogens is 204 g/mol. The Hall–Kier alpha value is -0.610. The fourth-order valence-corrected chi connectivity index (χ4v) is 1.87. The molecule has 0 rings (SSSR count). The van der Waals surface area contributed by atoms with E-state index in [2.05, 4.69) is 6.92 Å². The minimum absolute atomic E-state index is 0.107. The van der Waals surface area contributed by atoms with E-state index < -0.39 is 0 Å². The van der Waals surface area contributed by atoms with Crippen molar-refractivity contribution in [2.24, 2.45) is 0 Å². The van der Waals surface area contributed by atoms with Crippen molar-refractivity contribution in [2.75, 3.05) is 32.8 Å². The second-order valence-electron chi connectivity index (χ2n) is 3.95. The molecule has 0 fully saturated rings. The van der Waals surface area contributed by atoms with Gasteiger partial charge >= 0.3 is 0 Å². The highest BCUT2D eigenvalue weighted by molar-refractivity contribution is 5.81. The monoisotopic (exact) mass is 230 g/mol. The minimum atomic E-state index is -0.132. The molecule has 0 aromatic rings. The van der Waals surface area contributed by atoms with Crippen LogP contribution in [0.25, 0.3) is 0 Å². The quantitative estimate of drug-likeness (QED) is 0.675. The first-order valence-corrected chi connectivity index (χ1v) is 6.25. The average Bonchev–Trinajstić information content (AvgIpc) is 2.29. The molecule has 0 heterocycles. The molecule has 4 nitrogen and oxygen atoms in total. The fourth-order valence-electron chi connectivity index (χ4n) is 1.87. The van der Waals surface area contributed by atoms with Gasteiger partial charge in [0.2, 0.25) is 5.91 Å². The van der Waals surface area contributed by atoms with Crippen LogP contribution in [0, 0.1) is 0 Å². The maximum absolute atomic E-state index is 12.1. The fraction of sp³-hybridized carbons (Fsp3) is 0.917. The zero-order chi connectivity index (χ0) is 12.6. The number of carbonyl (C=O) groups excluding carboxylic acids is 1. The summed E-state index contributed by atoms with van der Waals surface area (Å²) in [5, 5.41) is 8.98. The van der Waals surface area contributed by atoms with Crippen LogP contribution in [0.3, 0.4) is 0 Å². The maximum Gasteiger partial charge on any atom is 0.239 e. The second kappa shape index (κ2) is 8.53. The molecule has 1 N–H and O–H groups in total. The van der Waals surface area contributed by atoms with E-state index in [0.29, 0.717) is 6.54 Å². The summed E-state index contributed by atoms with van der Waals surface area (Å²) in [4.78, 5) is 16.0. The lowest BCUT2D eigenvalue weighted by Crippen LogP contribution is -2.48. The molecule has 1 amide bonds. The Morgan fingerprint density at radius 1 is 1.19 bits per heavy atom. The van der Waals surface area contributed by atoms with Gasteiger partial charge in [-0.2, -0.15) is 0 Å². The molecule has 0 aliphatic heterocycles. The molecule has 1 atom stereocenters. The lowest BCUT2D eigenvalue weighted by molar-refractivity contribution is -0.136. The summed E-state index contributed by atoms with van der Waals surface area (Å²) in [5.74, 6) is 0.159. The third-order valence-electron chi connectivity index (χ3n) is 2.88. The van der Waals surface area contributed by atoms with Crippen LogP contribution in [-0.4, -0.2) is 59.6 Å². The van der Waals surface area contributed by atoms with E-state index in [1.165, 1.54) is 0 Å². The SMILES string of the molecule is CCCN(CCO)C(C)C(=O)N(CC)CC. The minimum Gasteiger partial charge on any atom is -0.395 e. The largest absolute Gasteiger partial charge is 0.395 e. The summed E-state index contributed by atoms with van der Waals surface area (Å²) in [6.07, 6.45) is 0.996. The predicted octanol–water partition coefficient (Wildman–Crippen LogP) is 0.948. The smallest absolute Gasteiger partial charge is 0.239 e. The Kier molecular flexibility index (Phi) is 8.21. The topological polar surface area (TPSA) is 43.8 Å². The molecule has 0 aliphatic carbocycles. The van der Waals surface area contributed by atoms with E-state index in [0.717, 1.165) is 26.1 Å². The van der Waals surface area contributed by atoms with Crippen molar-refractivity contribution in [3.63, 3.8) is 0 Å². The summed E-state index contributed by atoms with van der Waals surface area (Å²) in [5.41, 5.74) is 0. The van der Waals surface area contributed by atoms with Gasteiger partial charge in [0.1, 0.15) is 0 Å². The summed E-state index contributed by atoms with van der Waals surface area (Å²) >= 11 is 0. The lowest BCUT2D eigenvalue weighted by Gasteiger charge is -2.31. The molecule has 0 aromatic carbocycles. The first kappa shape index (κ1) is 15.4. The van der Waals surface area contributed by atoms with E-state index in [9.17, 15) is 4.79 Å². The van der Waals surface area contributed by atoms with Crippen LogP contribution < -0.4 is 0 Å². The van der Waals surface area contributed by atoms with Crippen LogP contribution in [0.1, 0.15) is 34.1 Å². The lowest BCUT2D eigenvalue weighted by atomic mass is 10.2. The van der Waals surface area contributed by atoms with Gasteiger partial charge < -0.3 is 10.0 Å². The van der Waals surface area contributed by atoms with Gasteiger partial charge in [-0.05, 0) is 33.7 Å². The van der Waals surface area contributed by atoms with Gasteiger partial charge in [0.05, 0.1) is 12.6 Å². The van der Waals surface area contributed by atoms with Crippen molar-refractivity contribution in [2.45, 2.75) is 40.2 Å². The van der Waals surface area contributed by atoms with Crippen molar-refractivity contribution in [3.8, 4) is 0 Å². The average molecular weight is 230 g/mol. The molecule has 0 saturated heterocycles. The van der Waals surface area contributed by atoms with Crippen LogP contribution in [0.4, 0.5) is 0 Å². The summed E-state index contributed by atoms with van der Waals surface area (Å²) in [7, 11) is 0. The Balaban J connectivity index is 4.45. The number of aliphatic hydroxyl groups excluding tert-OH is 1. The molecule has 1 unspecified atom stereocenters. The zero-order valence-corrected chi connectivity index (χ0v) is 11.1. The van der Waals surface area contributed by atoms with E-state index in [1.807, 2.05) is 30.6 Å². The predicted molar refractivity (Wildman–Crippen MR) is 66.3 cm³/mol. The Morgan fingerprint density at radius 2 is 1.75 bits per heavy atom. The number of nitrogens with zero attached hydrogens (tertiary/aromatic N) is 2. The van der Waals surface area contributed by atoms with Gasteiger partial charge in [-0.25, -0.2) is 0 Å². The van der Waals surface area contributed by atoms with Crippen LogP contribution in [0.2, 0.25) is 0 Å². The molecule has 0 aromatic heterocycles. The third-order valence-corrected chi connectivity index (χ3v) is 2.88. The molecule has 0 spiro atoms. The van der Waals surface area contributed by atoms with Gasteiger partial charge in [0.15, 0.2) is 0 Å². The third kappa shape index (κ3) is 4.49. The van der Waals surface area contributed by atoms with Crippen LogP contribution in [-0.2, 0) is 4.79 Å². The van der Waals surface area contributed by atoms with Crippen LogP contribution in [0.5, 0.6) is 0 Å². The van der Waals surface area contributed by atoms with Crippen LogP contribution >= 0.6 is 0 Å². The number of hydrogen-bond donors (Lipinski definition) is 1. The highest BCUT2D eigenvalue weighted by atomic mass is 16.3. The molecule has 0 bridgehead atoms. The van der Waals surface area contributed by atoms with Gasteiger partial charge in [-0.15, -0.1) is 0 Å². The molecular formula is C12H26N2O2. The molecule has 0 aliphatic rings. The van der Waals surface area contributed by atoms with Gasteiger partial charge in [0, 0.05) is 19.6 Å². The molecule has 16 heavy (non-hydrogen) atoms. The van der Waals surface area contributed by atoms with Crippen LogP contribution in [0.15, 0.2) is 0 Å². The standard InChI is InChI=1S/C12H26N2O2/c1-5-8-14(9-10-15)11(4)12(16)13(6-2)7-3/h11,15H,5-10H2,1-4H3. The second-order valence-corrected chi connectivity index (χ2v) is 3.95. The van der Waals surface area contributed by atoms with Gasteiger partial charge in [-0.3, -0.25) is 9.69 Å². The van der Waals surface area contributed by atoms with E-state index in [1.54, 1.807) is 0 Å². The first-order valence-electron chi connectivity index (χ1n) is 6.25. The maximum atomic E-state index is 12.1. The molecule has 0 radical (unpaired) electrons.